The fourth-order valence-electron chi connectivity index (χ4n) is 3.55. The molecule has 1 aliphatic rings. The smallest absolute Gasteiger partial charge is 0.265 e. The molecule has 0 fully saturated rings. The first-order chi connectivity index (χ1) is 15.8. The fourth-order valence-corrected chi connectivity index (χ4v) is 5.47. The van der Waals surface area contributed by atoms with Gasteiger partial charge < -0.3 is 15.2 Å². The zero-order valence-corrected chi connectivity index (χ0v) is 19.3. The van der Waals surface area contributed by atoms with Crippen molar-refractivity contribution in [2.45, 2.75) is 23.8 Å². The summed E-state index contributed by atoms with van der Waals surface area (Å²) in [5, 5.41) is 12.9. The van der Waals surface area contributed by atoms with Crippen LogP contribution in [0.5, 0.6) is 5.88 Å². The first-order valence-electron chi connectivity index (χ1n) is 10.2. The summed E-state index contributed by atoms with van der Waals surface area (Å²) in [5.41, 5.74) is 1.26. The minimum absolute atomic E-state index is 0.0339. The van der Waals surface area contributed by atoms with E-state index in [1.807, 2.05) is 30.3 Å². The number of rotatable bonds is 6. The molecule has 8 nitrogen and oxygen atoms in total. The third-order valence-corrected chi connectivity index (χ3v) is 7.44. The van der Waals surface area contributed by atoms with E-state index in [-0.39, 0.29) is 34.0 Å². The van der Waals surface area contributed by atoms with Gasteiger partial charge in [0.25, 0.3) is 10.0 Å². The number of sulfonamides is 1. The quantitative estimate of drug-likeness (QED) is 0.551. The van der Waals surface area contributed by atoms with Gasteiger partial charge in [-0.1, -0.05) is 48.0 Å². The van der Waals surface area contributed by atoms with Crippen molar-refractivity contribution in [2.75, 3.05) is 22.8 Å². The maximum Gasteiger partial charge on any atom is 0.265 e. The molecule has 0 bridgehead atoms. The second kappa shape index (κ2) is 9.38. The molecule has 3 aromatic rings. The Bertz CT molecular complexity index is 1270. The Kier molecular flexibility index (Phi) is 6.55. The monoisotopic (exact) mass is 487 g/mol. The number of halogens is 1. The lowest BCUT2D eigenvalue weighted by molar-refractivity contribution is -0.117. The third kappa shape index (κ3) is 4.66. The van der Waals surface area contributed by atoms with Gasteiger partial charge in [0.15, 0.2) is 0 Å². The van der Waals surface area contributed by atoms with Crippen LogP contribution in [0.2, 0.25) is 5.02 Å². The summed E-state index contributed by atoms with van der Waals surface area (Å²) in [6.07, 6.45) is 1.40. The van der Waals surface area contributed by atoms with Gasteiger partial charge in [0.05, 0.1) is 29.3 Å². The van der Waals surface area contributed by atoms with Crippen LogP contribution in [0, 0.1) is 0 Å². The number of nitrogens with one attached hydrogen (secondary N) is 1. The number of aliphatic hydroxyl groups excluding tert-OH is 1. The summed E-state index contributed by atoms with van der Waals surface area (Å²) < 4.78 is 33.6. The highest BCUT2D eigenvalue weighted by molar-refractivity contribution is 7.92. The van der Waals surface area contributed by atoms with Crippen molar-refractivity contribution in [3.8, 4) is 5.88 Å². The van der Waals surface area contributed by atoms with Crippen LogP contribution in [-0.4, -0.2) is 43.7 Å². The van der Waals surface area contributed by atoms with E-state index in [4.69, 9.17) is 16.3 Å². The van der Waals surface area contributed by atoms with E-state index < -0.39 is 28.6 Å². The molecule has 0 saturated carbocycles. The van der Waals surface area contributed by atoms with E-state index >= 15 is 0 Å². The Balaban J connectivity index is 1.69. The number of amides is 1. The van der Waals surface area contributed by atoms with E-state index in [1.54, 1.807) is 13.0 Å². The van der Waals surface area contributed by atoms with Crippen molar-refractivity contribution in [2.24, 2.45) is 0 Å². The number of aliphatic hydroxyl groups is 1. The van der Waals surface area contributed by atoms with Gasteiger partial charge in [-0.25, -0.2) is 13.4 Å². The highest BCUT2D eigenvalue weighted by Crippen LogP contribution is 2.38. The summed E-state index contributed by atoms with van der Waals surface area (Å²) in [5.74, 6) is -0.628. The topological polar surface area (TPSA) is 109 Å². The van der Waals surface area contributed by atoms with Gasteiger partial charge in [-0.05, 0) is 36.8 Å². The number of fused-ring (bicyclic) bond motifs is 1. The Morgan fingerprint density at radius 2 is 2.00 bits per heavy atom. The minimum atomic E-state index is -4.11. The molecule has 0 saturated heterocycles. The zero-order chi connectivity index (χ0) is 23.6. The molecule has 10 heteroatoms. The number of hydrogen-bond donors (Lipinski definition) is 2. The van der Waals surface area contributed by atoms with Gasteiger partial charge >= 0.3 is 0 Å². The van der Waals surface area contributed by atoms with Crippen LogP contribution in [0.15, 0.2) is 71.8 Å². The second-order valence-corrected chi connectivity index (χ2v) is 9.83. The first-order valence-corrected chi connectivity index (χ1v) is 12.0. The van der Waals surface area contributed by atoms with E-state index in [0.717, 1.165) is 9.87 Å². The normalized spacial score (nSPS) is 16.5. The fraction of sp³-hybridized carbons (Fsp3) is 0.217. The van der Waals surface area contributed by atoms with Crippen molar-refractivity contribution < 1.29 is 23.1 Å². The SMILES string of the molecule is CC(C(=O)Nc1cnc2c(c1)N(S(=O)(=O)c1cccc(Cl)c1)C(CO)CO2)c1ccccc1. The molecule has 2 atom stereocenters. The zero-order valence-electron chi connectivity index (χ0n) is 17.7. The summed E-state index contributed by atoms with van der Waals surface area (Å²) in [7, 11) is -4.11. The van der Waals surface area contributed by atoms with Gasteiger partial charge in [0.1, 0.15) is 18.3 Å². The number of nitrogens with zero attached hydrogens (tertiary/aromatic N) is 2. The molecule has 4 rings (SSSR count). The van der Waals surface area contributed by atoms with Gasteiger partial charge in [-0.3, -0.25) is 9.10 Å². The van der Waals surface area contributed by atoms with Crippen LogP contribution >= 0.6 is 11.6 Å². The Hall–Kier alpha value is -3.14. The first kappa shape index (κ1) is 23.0. The maximum absolute atomic E-state index is 13.5. The van der Waals surface area contributed by atoms with E-state index in [9.17, 15) is 18.3 Å². The molecule has 1 aromatic heterocycles. The van der Waals surface area contributed by atoms with Crippen LogP contribution in [0.25, 0.3) is 0 Å². The van der Waals surface area contributed by atoms with Gasteiger partial charge in [-0.2, -0.15) is 0 Å². The maximum atomic E-state index is 13.5. The number of carbonyl (C=O) groups is 1. The number of benzene rings is 2. The Labute approximate surface area is 196 Å². The minimum Gasteiger partial charge on any atom is -0.474 e. The predicted octanol–water partition coefficient (Wildman–Crippen LogP) is 3.43. The van der Waals surface area contributed by atoms with Crippen molar-refractivity contribution in [1.29, 1.82) is 0 Å². The Morgan fingerprint density at radius 1 is 1.24 bits per heavy atom. The number of anilines is 2. The number of carbonyl (C=O) groups excluding carboxylic acids is 1. The molecule has 2 N–H and O–H groups in total. The molecule has 0 aliphatic carbocycles. The second-order valence-electron chi connectivity index (χ2n) is 7.58. The van der Waals surface area contributed by atoms with Crippen molar-refractivity contribution in [3.63, 3.8) is 0 Å². The highest BCUT2D eigenvalue weighted by Gasteiger charge is 2.38. The van der Waals surface area contributed by atoms with Crippen molar-refractivity contribution in [1.82, 2.24) is 4.98 Å². The van der Waals surface area contributed by atoms with Crippen LogP contribution in [0.4, 0.5) is 11.4 Å². The van der Waals surface area contributed by atoms with Crippen LogP contribution in [-0.2, 0) is 14.8 Å². The van der Waals surface area contributed by atoms with E-state index in [2.05, 4.69) is 10.3 Å². The molecular weight excluding hydrogens is 466 g/mol. The molecule has 1 amide bonds. The number of pyridine rings is 1. The molecule has 1 aliphatic heterocycles. The van der Waals surface area contributed by atoms with Gasteiger partial charge in [-0.15, -0.1) is 0 Å². The molecule has 0 spiro atoms. The largest absolute Gasteiger partial charge is 0.474 e. The highest BCUT2D eigenvalue weighted by atomic mass is 35.5. The lowest BCUT2D eigenvalue weighted by atomic mass is 10.0. The molecule has 2 aromatic carbocycles. The summed E-state index contributed by atoms with van der Waals surface area (Å²) >= 11 is 6.01. The molecule has 33 heavy (non-hydrogen) atoms. The number of ether oxygens (including phenoxy) is 1. The molecule has 2 heterocycles. The summed E-state index contributed by atoms with van der Waals surface area (Å²) in [6, 6.07) is 15.7. The molecular formula is C23H22ClN3O5S. The lowest BCUT2D eigenvalue weighted by Crippen LogP contribution is -2.49. The number of hydrogen-bond acceptors (Lipinski definition) is 6. The number of aromatic nitrogens is 1. The van der Waals surface area contributed by atoms with Crippen LogP contribution in [0.3, 0.4) is 0 Å². The summed E-state index contributed by atoms with van der Waals surface area (Å²) in [6.45, 7) is 1.23. The van der Waals surface area contributed by atoms with E-state index in [1.165, 1.54) is 30.5 Å². The molecule has 0 radical (unpaired) electrons. The lowest BCUT2D eigenvalue weighted by Gasteiger charge is -2.36. The Morgan fingerprint density at radius 3 is 2.70 bits per heavy atom. The van der Waals surface area contributed by atoms with Crippen molar-refractivity contribution >= 4 is 38.9 Å². The summed E-state index contributed by atoms with van der Waals surface area (Å²) in [4.78, 5) is 16.9. The van der Waals surface area contributed by atoms with Crippen LogP contribution < -0.4 is 14.4 Å². The third-order valence-electron chi connectivity index (χ3n) is 5.34. The molecule has 2 unspecified atom stereocenters. The van der Waals surface area contributed by atoms with E-state index in [0.29, 0.717) is 5.69 Å². The molecule has 172 valence electrons. The average molecular weight is 488 g/mol. The van der Waals surface area contributed by atoms with Gasteiger partial charge in [0.2, 0.25) is 11.8 Å². The standard InChI is InChI=1S/C23H22ClN3O5S/c1-15(16-6-3-2-4-7-16)22(29)26-18-11-21-23(25-12-18)32-14-19(13-28)27(21)33(30,31)20-9-5-8-17(24)10-20/h2-12,15,19,28H,13-14H2,1H3,(H,26,29). The van der Waals surface area contributed by atoms with Crippen LogP contribution in [0.1, 0.15) is 18.4 Å². The van der Waals surface area contributed by atoms with Gasteiger partial charge in [0, 0.05) is 5.02 Å². The van der Waals surface area contributed by atoms with Crippen molar-refractivity contribution in [3.05, 3.63) is 77.4 Å². The average Bonchev–Trinajstić information content (AvgIpc) is 2.83. The predicted molar refractivity (Wildman–Crippen MR) is 125 cm³/mol.